The van der Waals surface area contributed by atoms with Crippen LogP contribution in [0.15, 0.2) is 12.2 Å². The van der Waals surface area contributed by atoms with Crippen LogP contribution in [0.1, 0.15) is 32.6 Å². The molecule has 0 radical (unpaired) electrons. The zero-order valence-corrected chi connectivity index (χ0v) is 6.73. The molecule has 11 heavy (non-hydrogen) atoms. The summed E-state index contributed by atoms with van der Waals surface area (Å²) >= 11 is 0. The SMILES string of the molecule is C=C(CCCCC)C(=O)OF. The second-order valence-electron chi connectivity index (χ2n) is 2.43. The third-order valence-corrected chi connectivity index (χ3v) is 1.44. The molecule has 0 N–H and O–H groups in total. The van der Waals surface area contributed by atoms with Crippen LogP contribution >= 0.6 is 0 Å². The third kappa shape index (κ3) is 4.53. The van der Waals surface area contributed by atoms with E-state index in [-0.39, 0.29) is 5.57 Å². The summed E-state index contributed by atoms with van der Waals surface area (Å²) in [5.41, 5.74) is 0.209. The molecular weight excluding hydrogens is 147 g/mol. The molecule has 0 aromatic carbocycles. The van der Waals surface area contributed by atoms with Crippen LogP contribution in [0.2, 0.25) is 0 Å². The maximum atomic E-state index is 11.2. The second-order valence-corrected chi connectivity index (χ2v) is 2.43. The van der Waals surface area contributed by atoms with E-state index >= 15 is 0 Å². The van der Waals surface area contributed by atoms with Crippen molar-refractivity contribution in [2.45, 2.75) is 32.6 Å². The van der Waals surface area contributed by atoms with Gasteiger partial charge < -0.3 is 0 Å². The van der Waals surface area contributed by atoms with Gasteiger partial charge in [-0.2, -0.15) is 0 Å². The largest absolute Gasteiger partial charge is 0.374 e. The Morgan fingerprint density at radius 3 is 2.64 bits per heavy atom. The lowest BCUT2D eigenvalue weighted by Crippen LogP contribution is -2.00. The molecule has 0 spiro atoms. The molecule has 0 bridgehead atoms. The van der Waals surface area contributed by atoms with Crippen LogP contribution < -0.4 is 0 Å². The monoisotopic (exact) mass is 160 g/mol. The van der Waals surface area contributed by atoms with E-state index < -0.39 is 5.97 Å². The van der Waals surface area contributed by atoms with Gasteiger partial charge in [-0.15, -0.1) is 0 Å². The molecule has 0 unspecified atom stereocenters. The topological polar surface area (TPSA) is 26.3 Å². The van der Waals surface area contributed by atoms with Crippen molar-refractivity contribution in [3.05, 3.63) is 12.2 Å². The Kier molecular flexibility index (Phi) is 5.43. The molecule has 2 nitrogen and oxygen atoms in total. The highest BCUT2D eigenvalue weighted by atomic mass is 19.3. The Bertz CT molecular complexity index is 143. The molecule has 3 heteroatoms. The zero-order chi connectivity index (χ0) is 8.69. The van der Waals surface area contributed by atoms with E-state index in [1.54, 1.807) is 0 Å². The lowest BCUT2D eigenvalue weighted by Gasteiger charge is -1.98. The molecule has 0 atom stereocenters. The van der Waals surface area contributed by atoms with Crippen molar-refractivity contribution in [2.75, 3.05) is 0 Å². The molecule has 0 aliphatic heterocycles. The highest BCUT2D eigenvalue weighted by Crippen LogP contribution is 2.08. The number of unbranched alkanes of at least 4 members (excludes halogenated alkanes) is 2. The van der Waals surface area contributed by atoms with Crippen LogP contribution in [0, 0.1) is 0 Å². The number of carbonyl (C=O) groups is 1. The number of hydrogen-bond acceptors (Lipinski definition) is 2. The van der Waals surface area contributed by atoms with Crippen LogP contribution in [0.3, 0.4) is 0 Å². The molecule has 0 aliphatic carbocycles. The molecule has 0 rings (SSSR count). The van der Waals surface area contributed by atoms with Crippen molar-refractivity contribution in [2.24, 2.45) is 0 Å². The summed E-state index contributed by atoms with van der Waals surface area (Å²) in [5, 5.41) is 0. The number of hydrogen-bond donors (Lipinski definition) is 0. The Morgan fingerprint density at radius 1 is 1.55 bits per heavy atom. The highest BCUT2D eigenvalue weighted by molar-refractivity contribution is 5.87. The van der Waals surface area contributed by atoms with E-state index in [1.807, 2.05) is 0 Å². The minimum atomic E-state index is -0.943. The van der Waals surface area contributed by atoms with E-state index in [9.17, 15) is 9.32 Å². The van der Waals surface area contributed by atoms with Crippen LogP contribution in [0.5, 0.6) is 0 Å². The average Bonchev–Trinajstić information content (AvgIpc) is 2.03. The predicted molar refractivity (Wildman–Crippen MR) is 40.5 cm³/mol. The summed E-state index contributed by atoms with van der Waals surface area (Å²) in [4.78, 5) is 13.4. The van der Waals surface area contributed by atoms with Gasteiger partial charge in [0, 0.05) is 10.1 Å². The molecular formula is C8H13FO2. The van der Waals surface area contributed by atoms with E-state index in [2.05, 4.69) is 18.4 Å². The van der Waals surface area contributed by atoms with Gasteiger partial charge in [0.15, 0.2) is 0 Å². The normalized spacial score (nSPS) is 9.27. The van der Waals surface area contributed by atoms with Gasteiger partial charge in [0.05, 0.1) is 0 Å². The fourth-order valence-corrected chi connectivity index (χ4v) is 0.745. The highest BCUT2D eigenvalue weighted by Gasteiger charge is 2.07. The van der Waals surface area contributed by atoms with Crippen molar-refractivity contribution >= 4 is 5.97 Å². The first-order valence-corrected chi connectivity index (χ1v) is 3.73. The quantitative estimate of drug-likeness (QED) is 0.456. The smallest absolute Gasteiger partial charge is 0.250 e. The number of carbonyl (C=O) groups excluding carboxylic acids is 1. The molecule has 0 fully saturated rings. The van der Waals surface area contributed by atoms with Crippen molar-refractivity contribution in [1.29, 1.82) is 0 Å². The molecule has 0 aromatic heterocycles. The second kappa shape index (κ2) is 5.89. The van der Waals surface area contributed by atoms with Gasteiger partial charge in [-0.3, -0.25) is 0 Å². The Balaban J connectivity index is 3.44. The predicted octanol–water partition coefficient (Wildman–Crippen LogP) is 2.55. The van der Waals surface area contributed by atoms with E-state index in [0.717, 1.165) is 19.3 Å². The zero-order valence-electron chi connectivity index (χ0n) is 6.73. The Morgan fingerprint density at radius 2 is 2.18 bits per heavy atom. The Labute approximate surface area is 65.9 Å². The van der Waals surface area contributed by atoms with Crippen LogP contribution in [-0.4, -0.2) is 5.97 Å². The summed E-state index contributed by atoms with van der Waals surface area (Å²) in [5.74, 6) is -0.943. The minimum absolute atomic E-state index is 0.209. The minimum Gasteiger partial charge on any atom is -0.250 e. The molecule has 0 heterocycles. The van der Waals surface area contributed by atoms with Crippen LogP contribution in [0.25, 0.3) is 0 Å². The maximum Gasteiger partial charge on any atom is 0.374 e. The van der Waals surface area contributed by atoms with Gasteiger partial charge in [0.2, 0.25) is 0 Å². The molecule has 0 amide bonds. The first kappa shape index (κ1) is 10.1. The van der Waals surface area contributed by atoms with Crippen LogP contribution in [-0.2, 0) is 9.74 Å². The summed E-state index contributed by atoms with van der Waals surface area (Å²) in [6.45, 7) is 5.43. The number of rotatable bonds is 5. The lowest BCUT2D eigenvalue weighted by molar-refractivity contribution is -0.178. The fraction of sp³-hybridized carbons (Fsp3) is 0.625. The standard InChI is InChI=1S/C8H13FO2/c1-3-4-5-6-7(2)8(10)11-9/h2-6H2,1H3. The van der Waals surface area contributed by atoms with Crippen molar-refractivity contribution in [1.82, 2.24) is 0 Å². The fourth-order valence-electron chi connectivity index (χ4n) is 0.745. The summed E-state index contributed by atoms with van der Waals surface area (Å²) < 4.78 is 11.2. The molecule has 0 saturated carbocycles. The summed E-state index contributed by atoms with van der Waals surface area (Å²) in [7, 11) is 0. The maximum absolute atomic E-state index is 11.2. The van der Waals surface area contributed by atoms with Gasteiger partial charge in [-0.25, -0.2) is 9.74 Å². The van der Waals surface area contributed by atoms with Gasteiger partial charge in [0.1, 0.15) is 0 Å². The van der Waals surface area contributed by atoms with Crippen molar-refractivity contribution in [3.63, 3.8) is 0 Å². The summed E-state index contributed by atoms with van der Waals surface area (Å²) in [6, 6.07) is 0. The molecule has 0 saturated heterocycles. The molecule has 0 aromatic rings. The molecule has 0 aliphatic rings. The van der Waals surface area contributed by atoms with Gasteiger partial charge >= 0.3 is 5.97 Å². The first-order valence-electron chi connectivity index (χ1n) is 3.73. The van der Waals surface area contributed by atoms with Crippen LogP contribution in [0.4, 0.5) is 4.53 Å². The number of halogens is 1. The average molecular weight is 160 g/mol. The van der Waals surface area contributed by atoms with Crippen molar-refractivity contribution in [3.8, 4) is 0 Å². The lowest BCUT2D eigenvalue weighted by atomic mass is 10.1. The van der Waals surface area contributed by atoms with Gasteiger partial charge in [-0.05, 0) is 12.8 Å². The molecule has 64 valence electrons. The summed E-state index contributed by atoms with van der Waals surface area (Å²) in [6.07, 6.45) is 3.48. The Hall–Kier alpha value is -0.860. The van der Waals surface area contributed by atoms with E-state index in [0.29, 0.717) is 6.42 Å². The van der Waals surface area contributed by atoms with Gasteiger partial charge in [0.25, 0.3) is 0 Å². The first-order chi connectivity index (χ1) is 5.22. The van der Waals surface area contributed by atoms with E-state index in [1.165, 1.54) is 0 Å². The third-order valence-electron chi connectivity index (χ3n) is 1.44. The van der Waals surface area contributed by atoms with E-state index in [4.69, 9.17) is 0 Å². The van der Waals surface area contributed by atoms with Crippen molar-refractivity contribution < 1.29 is 14.3 Å². The van der Waals surface area contributed by atoms with Gasteiger partial charge in [-0.1, -0.05) is 26.3 Å².